The number of carbonyl (C=O) groups is 1. The van der Waals surface area contributed by atoms with Crippen LogP contribution in [0.5, 0.6) is 0 Å². The zero-order valence-corrected chi connectivity index (χ0v) is 23.3. The largest absolute Gasteiger partial charge is 0.377 e. The van der Waals surface area contributed by atoms with E-state index in [4.69, 9.17) is 16.6 Å². The fraction of sp³-hybridized carbons (Fsp3) is 0.320. The van der Waals surface area contributed by atoms with Gasteiger partial charge in [0.1, 0.15) is 5.15 Å². The van der Waals surface area contributed by atoms with Gasteiger partial charge in [0.25, 0.3) is 11.5 Å². The molecule has 1 aromatic carbocycles. The number of aryl methyl sites for hydroxylation is 1. The number of anilines is 2. The summed E-state index contributed by atoms with van der Waals surface area (Å²) in [5.74, 6) is -0.374. The second kappa shape index (κ2) is 9.97. The van der Waals surface area contributed by atoms with Crippen LogP contribution in [0.25, 0.3) is 10.9 Å². The maximum Gasteiger partial charge on any atom is 0.285 e. The van der Waals surface area contributed by atoms with Crippen LogP contribution in [-0.2, 0) is 30.2 Å². The Morgan fingerprint density at radius 2 is 1.92 bits per heavy atom. The molecule has 39 heavy (non-hydrogen) atoms. The molecule has 0 spiro atoms. The zero-order valence-electron chi connectivity index (χ0n) is 21.8. The van der Waals surface area contributed by atoms with Crippen LogP contribution >= 0.6 is 11.6 Å². The van der Waals surface area contributed by atoms with Crippen LogP contribution < -0.4 is 20.5 Å². The number of amides is 1. The minimum Gasteiger partial charge on any atom is -0.377 e. The number of benzene rings is 1. The number of aromatic nitrogens is 5. The van der Waals surface area contributed by atoms with Crippen molar-refractivity contribution in [1.82, 2.24) is 29.0 Å². The molecular weight excluding hydrogens is 544 g/mol. The minimum absolute atomic E-state index is 0.0329. The number of pyridine rings is 1. The maximum atomic E-state index is 13.5. The molecule has 4 heterocycles. The fourth-order valence-corrected chi connectivity index (χ4v) is 5.34. The first-order chi connectivity index (χ1) is 18.4. The molecule has 0 radical (unpaired) electrons. The molecule has 1 aliphatic rings. The molecule has 0 saturated heterocycles. The highest BCUT2D eigenvalue weighted by Crippen LogP contribution is 2.29. The quantitative estimate of drug-likeness (QED) is 0.334. The van der Waals surface area contributed by atoms with Gasteiger partial charge in [0.15, 0.2) is 5.69 Å². The summed E-state index contributed by atoms with van der Waals surface area (Å²) in [6.07, 6.45) is 2.64. The van der Waals surface area contributed by atoms with Crippen molar-refractivity contribution in [3.05, 3.63) is 74.6 Å². The van der Waals surface area contributed by atoms with E-state index in [1.54, 1.807) is 23.9 Å². The lowest BCUT2D eigenvalue weighted by Crippen LogP contribution is -2.38. The van der Waals surface area contributed by atoms with Crippen molar-refractivity contribution in [2.45, 2.75) is 33.0 Å². The second-order valence-corrected chi connectivity index (χ2v) is 11.7. The molecule has 0 saturated carbocycles. The molecule has 0 aliphatic carbocycles. The van der Waals surface area contributed by atoms with E-state index in [0.29, 0.717) is 36.5 Å². The van der Waals surface area contributed by atoms with E-state index in [1.807, 2.05) is 41.5 Å². The molecule has 3 aromatic heterocycles. The van der Waals surface area contributed by atoms with Crippen LogP contribution in [-0.4, -0.2) is 51.4 Å². The summed E-state index contributed by atoms with van der Waals surface area (Å²) in [6.45, 7) is 5.64. The Morgan fingerprint density at radius 3 is 2.67 bits per heavy atom. The van der Waals surface area contributed by atoms with Gasteiger partial charge >= 0.3 is 0 Å². The highest BCUT2D eigenvalue weighted by Gasteiger charge is 2.24. The minimum atomic E-state index is -3.82. The van der Waals surface area contributed by atoms with Gasteiger partial charge in [-0.2, -0.15) is 5.10 Å². The predicted molar refractivity (Wildman–Crippen MR) is 149 cm³/mol. The summed E-state index contributed by atoms with van der Waals surface area (Å²) in [7, 11) is -2.11. The number of nitrogens with zero attached hydrogens (tertiary/aromatic N) is 6. The van der Waals surface area contributed by atoms with Crippen molar-refractivity contribution in [2.24, 2.45) is 7.05 Å². The first-order valence-corrected chi connectivity index (χ1v) is 14.4. The molecule has 1 amide bonds. The first kappa shape index (κ1) is 26.6. The molecule has 1 aliphatic heterocycles. The Bertz CT molecular complexity index is 1780. The number of sulfonamides is 1. The van der Waals surface area contributed by atoms with E-state index in [2.05, 4.69) is 20.3 Å². The van der Waals surface area contributed by atoms with Crippen LogP contribution in [0.3, 0.4) is 0 Å². The van der Waals surface area contributed by atoms with Crippen LogP contribution in [0, 0.1) is 6.92 Å². The lowest BCUT2D eigenvalue weighted by molar-refractivity contribution is 0.0977. The zero-order chi connectivity index (χ0) is 28.1. The number of nitrogens with one attached hydrogen (secondary N) is 2. The number of carbonyl (C=O) groups excluding carboxylic acids is 1. The van der Waals surface area contributed by atoms with Crippen molar-refractivity contribution in [3.63, 3.8) is 0 Å². The molecule has 12 nitrogen and oxygen atoms in total. The average Bonchev–Trinajstić information content (AvgIpc) is 3.34. The Balaban J connectivity index is 1.57. The van der Waals surface area contributed by atoms with Crippen LogP contribution in [0.4, 0.5) is 11.6 Å². The summed E-state index contributed by atoms with van der Waals surface area (Å²) < 4.78 is 28.7. The molecule has 1 atom stereocenters. The Kier molecular flexibility index (Phi) is 6.81. The summed E-state index contributed by atoms with van der Waals surface area (Å²) >= 11 is 6.01. The number of rotatable bonds is 6. The predicted octanol–water partition coefficient (Wildman–Crippen LogP) is 2.37. The third-order valence-corrected chi connectivity index (χ3v) is 7.31. The second-order valence-electron chi connectivity index (χ2n) is 9.59. The van der Waals surface area contributed by atoms with Crippen molar-refractivity contribution in [3.8, 4) is 0 Å². The number of halogens is 1. The fourth-order valence-electron chi connectivity index (χ4n) is 4.76. The third-order valence-electron chi connectivity index (χ3n) is 6.55. The standard InChI is InChI=1S/C25H27ClN8O4S/c1-14-11-17(15(2)28-19-5-6-20(26)29-22(19)23(35)31-39(4,37)38)21-18(12-14)24(36)32(3)25(30-21)33-9-10-34-16(13-33)7-8-27-34/h5-8,11-12,15,28H,9-10,13H2,1-4H3,(H,31,35)/t15-/m1/s1. The Morgan fingerprint density at radius 1 is 1.15 bits per heavy atom. The SMILES string of the molecule is Cc1cc([C@@H](C)Nc2ccc(Cl)nc2C(=O)NS(C)(=O)=O)c2nc(N3CCn4nccc4C3)n(C)c(=O)c2c1. The monoisotopic (exact) mass is 570 g/mol. The summed E-state index contributed by atoms with van der Waals surface area (Å²) in [4.78, 5) is 37.2. The van der Waals surface area contributed by atoms with Gasteiger partial charge in [0, 0.05) is 25.4 Å². The maximum absolute atomic E-state index is 13.5. The smallest absolute Gasteiger partial charge is 0.285 e. The van der Waals surface area contributed by atoms with Crippen molar-refractivity contribution in [1.29, 1.82) is 0 Å². The van der Waals surface area contributed by atoms with Crippen LogP contribution in [0.15, 0.2) is 41.3 Å². The van der Waals surface area contributed by atoms with Gasteiger partial charge in [0.05, 0.1) is 47.7 Å². The molecule has 2 N–H and O–H groups in total. The number of hydrogen-bond donors (Lipinski definition) is 2. The van der Waals surface area contributed by atoms with Gasteiger partial charge in [-0.1, -0.05) is 17.7 Å². The highest BCUT2D eigenvalue weighted by atomic mass is 35.5. The normalized spacial score (nSPS) is 14.2. The lowest BCUT2D eigenvalue weighted by Gasteiger charge is -2.30. The van der Waals surface area contributed by atoms with E-state index in [9.17, 15) is 18.0 Å². The molecule has 0 bridgehead atoms. The van der Waals surface area contributed by atoms with Gasteiger partial charge in [-0.3, -0.25) is 18.8 Å². The molecule has 4 aromatic rings. The third kappa shape index (κ3) is 5.32. The van der Waals surface area contributed by atoms with Gasteiger partial charge in [0.2, 0.25) is 16.0 Å². The van der Waals surface area contributed by atoms with E-state index in [-0.39, 0.29) is 22.1 Å². The van der Waals surface area contributed by atoms with Gasteiger partial charge in [-0.25, -0.2) is 23.1 Å². The van der Waals surface area contributed by atoms with Crippen LogP contribution in [0.1, 0.15) is 40.3 Å². The molecule has 204 valence electrons. The summed E-state index contributed by atoms with van der Waals surface area (Å²) in [5, 5.41) is 8.06. The number of fused-ring (bicyclic) bond motifs is 2. The molecular formula is C25H27ClN8O4S. The Hall–Kier alpha value is -3.97. The average molecular weight is 571 g/mol. The highest BCUT2D eigenvalue weighted by molar-refractivity contribution is 7.89. The summed E-state index contributed by atoms with van der Waals surface area (Å²) in [5.41, 5.74) is 3.08. The van der Waals surface area contributed by atoms with Gasteiger partial charge < -0.3 is 10.2 Å². The first-order valence-electron chi connectivity index (χ1n) is 12.1. The lowest BCUT2D eigenvalue weighted by atomic mass is 10.0. The summed E-state index contributed by atoms with van der Waals surface area (Å²) in [6, 6.07) is 8.29. The van der Waals surface area contributed by atoms with Crippen molar-refractivity contribution in [2.75, 3.05) is 23.0 Å². The van der Waals surface area contributed by atoms with Crippen molar-refractivity contribution >= 4 is 50.1 Å². The number of hydrogen-bond acceptors (Lipinski definition) is 9. The van der Waals surface area contributed by atoms with E-state index in [1.165, 1.54) is 6.07 Å². The van der Waals surface area contributed by atoms with Crippen molar-refractivity contribution < 1.29 is 13.2 Å². The molecule has 5 rings (SSSR count). The molecule has 0 unspecified atom stereocenters. The van der Waals surface area contributed by atoms with Gasteiger partial charge in [-0.05, 0) is 43.7 Å². The molecule has 14 heteroatoms. The van der Waals surface area contributed by atoms with E-state index in [0.717, 1.165) is 23.1 Å². The van der Waals surface area contributed by atoms with E-state index < -0.39 is 22.0 Å². The van der Waals surface area contributed by atoms with Crippen LogP contribution in [0.2, 0.25) is 5.15 Å². The van der Waals surface area contributed by atoms with Gasteiger partial charge in [-0.15, -0.1) is 0 Å². The topological polar surface area (TPSA) is 144 Å². The van der Waals surface area contributed by atoms with E-state index >= 15 is 0 Å². The molecule has 0 fully saturated rings. The Labute approximate surface area is 229 Å².